The van der Waals surface area contributed by atoms with Crippen LogP contribution in [0.15, 0.2) is 16.5 Å². The SMILES string of the molecule is CONCc1ccc(CSC(F)F)o1. The minimum absolute atomic E-state index is 0.185. The average molecular weight is 223 g/mol. The highest BCUT2D eigenvalue weighted by atomic mass is 32.2. The Bertz CT molecular complexity index is 268. The first kappa shape index (κ1) is 11.5. The Morgan fingerprint density at radius 2 is 2.21 bits per heavy atom. The van der Waals surface area contributed by atoms with Gasteiger partial charge in [-0.1, -0.05) is 11.8 Å². The van der Waals surface area contributed by atoms with Crippen LogP contribution in [0, 0.1) is 0 Å². The van der Waals surface area contributed by atoms with Gasteiger partial charge in [0.05, 0.1) is 19.4 Å². The van der Waals surface area contributed by atoms with Crippen LogP contribution in [-0.2, 0) is 17.1 Å². The number of alkyl halides is 2. The van der Waals surface area contributed by atoms with Crippen LogP contribution in [0.25, 0.3) is 0 Å². The zero-order valence-corrected chi connectivity index (χ0v) is 8.44. The Morgan fingerprint density at radius 3 is 2.86 bits per heavy atom. The number of hydroxylamine groups is 1. The number of furan rings is 1. The van der Waals surface area contributed by atoms with Crippen LogP contribution in [0.5, 0.6) is 0 Å². The zero-order valence-electron chi connectivity index (χ0n) is 7.63. The molecule has 80 valence electrons. The van der Waals surface area contributed by atoms with Gasteiger partial charge in [0, 0.05) is 0 Å². The number of hydrogen-bond donors (Lipinski definition) is 1. The van der Waals surface area contributed by atoms with E-state index in [9.17, 15) is 8.78 Å². The molecule has 1 heterocycles. The van der Waals surface area contributed by atoms with E-state index < -0.39 is 5.76 Å². The van der Waals surface area contributed by atoms with Crippen LogP contribution in [-0.4, -0.2) is 12.9 Å². The largest absolute Gasteiger partial charge is 0.464 e. The van der Waals surface area contributed by atoms with E-state index in [1.54, 1.807) is 12.1 Å². The van der Waals surface area contributed by atoms with E-state index in [4.69, 9.17) is 4.42 Å². The summed E-state index contributed by atoms with van der Waals surface area (Å²) < 4.78 is 28.9. The molecule has 1 aromatic rings. The summed E-state index contributed by atoms with van der Waals surface area (Å²) in [5.41, 5.74) is 2.59. The molecule has 1 aromatic heterocycles. The standard InChI is InChI=1S/C8H11F2NO2S/c1-12-11-4-6-2-3-7(13-6)5-14-8(9)10/h2-3,8,11H,4-5H2,1H3. The van der Waals surface area contributed by atoms with Gasteiger partial charge in [-0.2, -0.15) is 14.3 Å². The molecule has 3 nitrogen and oxygen atoms in total. The lowest BCUT2D eigenvalue weighted by Crippen LogP contribution is -2.09. The normalized spacial score (nSPS) is 11.1. The van der Waals surface area contributed by atoms with Gasteiger partial charge >= 0.3 is 0 Å². The Hall–Kier alpha value is -0.590. The smallest absolute Gasteiger partial charge is 0.284 e. The van der Waals surface area contributed by atoms with Gasteiger partial charge in [-0.15, -0.1) is 0 Å². The van der Waals surface area contributed by atoms with E-state index in [-0.39, 0.29) is 5.75 Å². The zero-order chi connectivity index (χ0) is 10.4. The molecule has 0 aliphatic carbocycles. The van der Waals surface area contributed by atoms with Crippen molar-refractivity contribution in [2.24, 2.45) is 0 Å². The highest BCUT2D eigenvalue weighted by Gasteiger charge is 2.06. The molecule has 0 saturated heterocycles. The Labute approximate surface area is 84.8 Å². The second-order valence-corrected chi connectivity index (χ2v) is 3.44. The number of halogens is 2. The van der Waals surface area contributed by atoms with Gasteiger partial charge in [0.25, 0.3) is 5.76 Å². The van der Waals surface area contributed by atoms with Crippen LogP contribution < -0.4 is 5.48 Å². The molecule has 0 saturated carbocycles. The summed E-state index contributed by atoms with van der Waals surface area (Å²) in [6.07, 6.45) is 0. The van der Waals surface area contributed by atoms with E-state index in [0.29, 0.717) is 29.8 Å². The van der Waals surface area contributed by atoms with Gasteiger partial charge in [-0.3, -0.25) is 0 Å². The van der Waals surface area contributed by atoms with Crippen LogP contribution >= 0.6 is 11.8 Å². The van der Waals surface area contributed by atoms with Gasteiger partial charge in [0.1, 0.15) is 11.5 Å². The third kappa shape index (κ3) is 4.08. The van der Waals surface area contributed by atoms with Gasteiger partial charge in [-0.05, 0) is 12.1 Å². The maximum absolute atomic E-state index is 11.8. The van der Waals surface area contributed by atoms with Gasteiger partial charge in [-0.25, -0.2) is 0 Å². The number of rotatable bonds is 6. The topological polar surface area (TPSA) is 34.4 Å². The first-order valence-corrected chi connectivity index (χ1v) is 5.00. The second-order valence-electron chi connectivity index (χ2n) is 2.46. The first-order valence-electron chi connectivity index (χ1n) is 3.95. The molecule has 14 heavy (non-hydrogen) atoms. The van der Waals surface area contributed by atoms with Crippen LogP contribution in [0.2, 0.25) is 0 Å². The molecule has 0 amide bonds. The van der Waals surface area contributed by atoms with Crippen molar-refractivity contribution < 1.29 is 18.0 Å². The fourth-order valence-corrected chi connectivity index (χ4v) is 1.33. The fourth-order valence-electron chi connectivity index (χ4n) is 0.883. The first-order chi connectivity index (χ1) is 6.72. The molecule has 0 aliphatic rings. The Kier molecular flexibility index (Phi) is 4.92. The van der Waals surface area contributed by atoms with E-state index in [0.717, 1.165) is 0 Å². The molecule has 0 radical (unpaired) electrons. The minimum atomic E-state index is -2.36. The van der Waals surface area contributed by atoms with Crippen molar-refractivity contribution in [3.05, 3.63) is 23.7 Å². The van der Waals surface area contributed by atoms with Gasteiger partial charge in [0.15, 0.2) is 0 Å². The molecule has 0 bridgehead atoms. The highest BCUT2D eigenvalue weighted by Crippen LogP contribution is 2.21. The molecule has 0 fully saturated rings. The monoisotopic (exact) mass is 223 g/mol. The molecular weight excluding hydrogens is 212 g/mol. The van der Waals surface area contributed by atoms with Crippen molar-refractivity contribution in [3.63, 3.8) is 0 Å². The number of hydrogen-bond acceptors (Lipinski definition) is 4. The molecule has 0 aromatic carbocycles. The third-order valence-electron chi connectivity index (χ3n) is 1.46. The van der Waals surface area contributed by atoms with E-state index in [1.165, 1.54) is 7.11 Å². The molecule has 6 heteroatoms. The van der Waals surface area contributed by atoms with Crippen LogP contribution in [0.1, 0.15) is 11.5 Å². The molecule has 0 aliphatic heterocycles. The van der Waals surface area contributed by atoms with Gasteiger partial charge < -0.3 is 9.25 Å². The van der Waals surface area contributed by atoms with E-state index in [2.05, 4.69) is 10.3 Å². The maximum atomic E-state index is 11.8. The van der Waals surface area contributed by atoms with Crippen molar-refractivity contribution in [1.82, 2.24) is 5.48 Å². The molecule has 0 unspecified atom stereocenters. The van der Waals surface area contributed by atoms with Crippen molar-refractivity contribution in [3.8, 4) is 0 Å². The summed E-state index contributed by atoms with van der Waals surface area (Å²) in [6, 6.07) is 3.41. The molecule has 0 atom stereocenters. The average Bonchev–Trinajstić information content (AvgIpc) is 2.59. The lowest BCUT2D eigenvalue weighted by molar-refractivity contribution is 0.0816. The summed E-state index contributed by atoms with van der Waals surface area (Å²) in [5, 5.41) is 0. The lowest BCUT2D eigenvalue weighted by Gasteiger charge is -1.98. The van der Waals surface area contributed by atoms with Crippen molar-refractivity contribution in [1.29, 1.82) is 0 Å². The summed E-state index contributed by atoms with van der Waals surface area (Å²) in [5.74, 6) is -0.967. The predicted molar refractivity (Wildman–Crippen MR) is 49.9 cm³/mol. The second kappa shape index (κ2) is 6.00. The third-order valence-corrected chi connectivity index (χ3v) is 2.16. The maximum Gasteiger partial charge on any atom is 0.284 e. The Morgan fingerprint density at radius 1 is 1.50 bits per heavy atom. The summed E-state index contributed by atoms with van der Waals surface area (Å²) in [6.45, 7) is 0.426. The summed E-state index contributed by atoms with van der Waals surface area (Å²) in [7, 11) is 1.50. The minimum Gasteiger partial charge on any atom is -0.464 e. The Balaban J connectivity index is 2.35. The molecule has 1 rings (SSSR count). The number of nitrogens with one attached hydrogen (secondary N) is 1. The van der Waals surface area contributed by atoms with Crippen LogP contribution in [0.4, 0.5) is 8.78 Å². The number of thioether (sulfide) groups is 1. The molecule has 0 spiro atoms. The van der Waals surface area contributed by atoms with Crippen molar-refractivity contribution in [2.45, 2.75) is 18.1 Å². The summed E-state index contributed by atoms with van der Waals surface area (Å²) >= 11 is 0.543. The molecule has 1 N–H and O–H groups in total. The summed E-state index contributed by atoms with van der Waals surface area (Å²) in [4.78, 5) is 4.62. The van der Waals surface area contributed by atoms with Gasteiger partial charge in [0.2, 0.25) is 0 Å². The fraction of sp³-hybridized carbons (Fsp3) is 0.500. The van der Waals surface area contributed by atoms with Crippen LogP contribution in [0.3, 0.4) is 0 Å². The van der Waals surface area contributed by atoms with Crippen molar-refractivity contribution in [2.75, 3.05) is 7.11 Å². The molecular formula is C8H11F2NO2S. The van der Waals surface area contributed by atoms with E-state index in [1.807, 2.05) is 0 Å². The predicted octanol–water partition coefficient (Wildman–Crippen LogP) is 2.39. The van der Waals surface area contributed by atoms with E-state index >= 15 is 0 Å². The quantitative estimate of drug-likeness (QED) is 0.751. The van der Waals surface area contributed by atoms with Crippen molar-refractivity contribution >= 4 is 11.8 Å². The lowest BCUT2D eigenvalue weighted by atomic mass is 10.4. The highest BCUT2D eigenvalue weighted by molar-refractivity contribution is 7.98.